The van der Waals surface area contributed by atoms with Crippen LogP contribution in [0.15, 0.2) is 42.6 Å². The van der Waals surface area contributed by atoms with Gasteiger partial charge < -0.3 is 15.0 Å². The van der Waals surface area contributed by atoms with Gasteiger partial charge in [-0.3, -0.25) is 4.98 Å². The second-order valence-electron chi connectivity index (χ2n) is 6.43. The molecular weight excluding hydrogens is 314 g/mol. The molecule has 0 aliphatic carbocycles. The third-order valence-electron chi connectivity index (χ3n) is 4.59. The van der Waals surface area contributed by atoms with Crippen LogP contribution in [0.5, 0.6) is 5.75 Å². The molecule has 6 heteroatoms. The maximum Gasteiger partial charge on any atom is 0.151 e. The normalized spacial score (nSPS) is 14.4. The number of methoxy groups -OCH3 is 1. The molecule has 0 spiro atoms. The first-order valence-corrected chi connectivity index (χ1v) is 8.45. The van der Waals surface area contributed by atoms with Crippen molar-refractivity contribution in [3.05, 3.63) is 48.3 Å². The standard InChI is InChI=1S/C19H21N5O/c1-13-3-6-19(23-22-13)24-11-14(12-24)10-21-18-7-8-20-17-5-4-15(25-2)9-16(17)18/h3-9,14H,10-12H2,1-2H3,(H,20,21). The Morgan fingerprint density at radius 3 is 2.80 bits per heavy atom. The number of rotatable bonds is 5. The molecule has 1 saturated heterocycles. The topological polar surface area (TPSA) is 63.2 Å². The molecule has 1 aliphatic rings. The fourth-order valence-electron chi connectivity index (χ4n) is 3.11. The average Bonchev–Trinajstić information content (AvgIpc) is 2.61. The van der Waals surface area contributed by atoms with Gasteiger partial charge in [-0.2, -0.15) is 5.10 Å². The molecule has 2 aromatic heterocycles. The van der Waals surface area contributed by atoms with Crippen molar-refractivity contribution in [2.24, 2.45) is 5.92 Å². The molecule has 0 atom stereocenters. The van der Waals surface area contributed by atoms with Crippen LogP contribution >= 0.6 is 0 Å². The Hall–Kier alpha value is -2.89. The predicted molar refractivity (Wildman–Crippen MR) is 99.3 cm³/mol. The zero-order valence-electron chi connectivity index (χ0n) is 14.4. The highest BCUT2D eigenvalue weighted by Gasteiger charge is 2.27. The number of aryl methyl sites for hydroxylation is 1. The molecular formula is C19H21N5O. The number of nitrogens with one attached hydrogen (secondary N) is 1. The van der Waals surface area contributed by atoms with Gasteiger partial charge in [0.15, 0.2) is 5.82 Å². The van der Waals surface area contributed by atoms with Gasteiger partial charge in [0.1, 0.15) is 5.75 Å². The largest absolute Gasteiger partial charge is 0.497 e. The van der Waals surface area contributed by atoms with E-state index in [-0.39, 0.29) is 0 Å². The highest BCUT2D eigenvalue weighted by atomic mass is 16.5. The first kappa shape index (κ1) is 15.6. The molecule has 3 heterocycles. The maximum atomic E-state index is 5.33. The Labute approximate surface area is 146 Å². The molecule has 0 radical (unpaired) electrons. The quantitative estimate of drug-likeness (QED) is 0.773. The van der Waals surface area contributed by atoms with Crippen molar-refractivity contribution >= 4 is 22.4 Å². The van der Waals surface area contributed by atoms with E-state index in [1.54, 1.807) is 7.11 Å². The zero-order valence-corrected chi connectivity index (χ0v) is 14.4. The summed E-state index contributed by atoms with van der Waals surface area (Å²) in [5.41, 5.74) is 3.01. The number of hydrogen-bond donors (Lipinski definition) is 1. The molecule has 1 aliphatic heterocycles. The Balaban J connectivity index is 1.39. The van der Waals surface area contributed by atoms with Crippen LogP contribution in [-0.2, 0) is 0 Å². The number of aromatic nitrogens is 3. The minimum absolute atomic E-state index is 0.594. The monoisotopic (exact) mass is 335 g/mol. The number of anilines is 2. The van der Waals surface area contributed by atoms with Crippen molar-refractivity contribution in [1.29, 1.82) is 0 Å². The third kappa shape index (κ3) is 3.20. The zero-order chi connectivity index (χ0) is 17.2. The van der Waals surface area contributed by atoms with Crippen LogP contribution in [0, 0.1) is 12.8 Å². The van der Waals surface area contributed by atoms with Gasteiger partial charge in [0.2, 0.25) is 0 Å². The van der Waals surface area contributed by atoms with Crippen LogP contribution in [0.2, 0.25) is 0 Å². The summed E-state index contributed by atoms with van der Waals surface area (Å²) in [4.78, 5) is 6.67. The number of ether oxygens (including phenoxy) is 1. The lowest BCUT2D eigenvalue weighted by Crippen LogP contribution is -2.50. The Kier molecular flexibility index (Phi) is 4.09. The highest BCUT2D eigenvalue weighted by Crippen LogP contribution is 2.27. The summed E-state index contributed by atoms with van der Waals surface area (Å²) in [6.07, 6.45) is 1.84. The number of nitrogens with zero attached hydrogens (tertiary/aromatic N) is 4. The number of pyridine rings is 1. The summed E-state index contributed by atoms with van der Waals surface area (Å²) >= 11 is 0. The Morgan fingerprint density at radius 2 is 2.04 bits per heavy atom. The molecule has 1 N–H and O–H groups in total. The van der Waals surface area contributed by atoms with Crippen molar-refractivity contribution in [1.82, 2.24) is 15.2 Å². The molecule has 0 bridgehead atoms. The van der Waals surface area contributed by atoms with Crippen molar-refractivity contribution < 1.29 is 4.74 Å². The third-order valence-corrected chi connectivity index (χ3v) is 4.59. The molecule has 128 valence electrons. The fraction of sp³-hybridized carbons (Fsp3) is 0.316. The van der Waals surface area contributed by atoms with Crippen LogP contribution in [0.1, 0.15) is 5.69 Å². The molecule has 0 amide bonds. The van der Waals surface area contributed by atoms with Gasteiger partial charge in [-0.1, -0.05) is 0 Å². The second-order valence-corrected chi connectivity index (χ2v) is 6.43. The molecule has 6 nitrogen and oxygen atoms in total. The minimum Gasteiger partial charge on any atom is -0.497 e. The second kappa shape index (κ2) is 6.55. The summed E-state index contributed by atoms with van der Waals surface area (Å²) in [6.45, 7) is 4.87. The smallest absolute Gasteiger partial charge is 0.151 e. The summed E-state index contributed by atoms with van der Waals surface area (Å²) < 4.78 is 5.33. The van der Waals surface area contributed by atoms with E-state index in [1.807, 2.05) is 49.5 Å². The predicted octanol–water partition coefficient (Wildman–Crippen LogP) is 2.89. The molecule has 1 aromatic carbocycles. The summed E-state index contributed by atoms with van der Waals surface area (Å²) in [7, 11) is 1.68. The van der Waals surface area contributed by atoms with E-state index in [4.69, 9.17) is 4.74 Å². The molecule has 3 aromatic rings. The summed E-state index contributed by atoms with van der Waals surface area (Å²) in [5, 5.41) is 13.0. The molecule has 4 rings (SSSR count). The van der Waals surface area contributed by atoms with Gasteiger partial charge in [-0.05, 0) is 43.3 Å². The average molecular weight is 335 g/mol. The molecule has 0 saturated carbocycles. The fourth-order valence-corrected chi connectivity index (χ4v) is 3.11. The van der Waals surface area contributed by atoms with Crippen LogP contribution in [0.25, 0.3) is 10.9 Å². The molecule has 0 unspecified atom stereocenters. The lowest BCUT2D eigenvalue weighted by atomic mass is 10.00. The van der Waals surface area contributed by atoms with E-state index in [0.29, 0.717) is 5.92 Å². The van der Waals surface area contributed by atoms with Crippen LogP contribution in [0.4, 0.5) is 11.5 Å². The Bertz CT molecular complexity index is 875. The van der Waals surface area contributed by atoms with Crippen LogP contribution < -0.4 is 15.0 Å². The van der Waals surface area contributed by atoms with E-state index >= 15 is 0 Å². The van der Waals surface area contributed by atoms with Gasteiger partial charge in [-0.25, -0.2) is 0 Å². The van der Waals surface area contributed by atoms with E-state index in [1.165, 1.54) is 0 Å². The van der Waals surface area contributed by atoms with Crippen molar-refractivity contribution in [2.45, 2.75) is 6.92 Å². The van der Waals surface area contributed by atoms with Crippen molar-refractivity contribution in [2.75, 3.05) is 37.0 Å². The van der Waals surface area contributed by atoms with E-state index in [0.717, 1.165) is 53.5 Å². The van der Waals surface area contributed by atoms with E-state index < -0.39 is 0 Å². The lowest BCUT2D eigenvalue weighted by molar-refractivity contribution is 0.415. The van der Waals surface area contributed by atoms with E-state index in [9.17, 15) is 0 Å². The van der Waals surface area contributed by atoms with Gasteiger partial charge in [-0.15, -0.1) is 5.10 Å². The van der Waals surface area contributed by atoms with Gasteiger partial charge in [0.25, 0.3) is 0 Å². The molecule has 25 heavy (non-hydrogen) atoms. The first-order valence-electron chi connectivity index (χ1n) is 8.45. The van der Waals surface area contributed by atoms with Gasteiger partial charge in [0.05, 0.1) is 18.3 Å². The number of hydrogen-bond acceptors (Lipinski definition) is 6. The molecule has 1 fully saturated rings. The van der Waals surface area contributed by atoms with Crippen LogP contribution in [-0.4, -0.2) is 41.9 Å². The van der Waals surface area contributed by atoms with Crippen LogP contribution in [0.3, 0.4) is 0 Å². The number of fused-ring (bicyclic) bond motifs is 1. The highest BCUT2D eigenvalue weighted by molar-refractivity contribution is 5.92. The van der Waals surface area contributed by atoms with Gasteiger partial charge >= 0.3 is 0 Å². The van der Waals surface area contributed by atoms with E-state index in [2.05, 4.69) is 25.4 Å². The number of benzene rings is 1. The van der Waals surface area contributed by atoms with Crippen molar-refractivity contribution in [3.63, 3.8) is 0 Å². The maximum absolute atomic E-state index is 5.33. The lowest BCUT2D eigenvalue weighted by Gasteiger charge is -2.40. The minimum atomic E-state index is 0.594. The van der Waals surface area contributed by atoms with Gasteiger partial charge in [0, 0.05) is 42.8 Å². The SMILES string of the molecule is COc1ccc2nccc(NCC3CN(c4ccc(C)nn4)C3)c2c1. The Morgan fingerprint density at radius 1 is 1.16 bits per heavy atom. The summed E-state index contributed by atoms with van der Waals surface area (Å²) in [6, 6.07) is 12.0. The summed E-state index contributed by atoms with van der Waals surface area (Å²) in [5.74, 6) is 2.40. The first-order chi connectivity index (χ1) is 12.2. The van der Waals surface area contributed by atoms with Crippen molar-refractivity contribution in [3.8, 4) is 5.75 Å².